The second kappa shape index (κ2) is 7.49. The minimum absolute atomic E-state index is 0. The third-order valence-corrected chi connectivity index (χ3v) is 0.301. The average Bonchev–Trinajstić information content (AvgIpc) is 1.36. The predicted octanol–water partition coefficient (Wildman–Crippen LogP) is -3.61. The van der Waals surface area contributed by atoms with Gasteiger partial charge in [0.05, 0.1) is 0 Å². The molecule has 0 amide bonds. The van der Waals surface area contributed by atoms with Crippen molar-refractivity contribution in [2.75, 3.05) is 0 Å². The van der Waals surface area contributed by atoms with Crippen molar-refractivity contribution in [2.45, 2.75) is 6.92 Å². The molecule has 0 saturated heterocycles. The minimum atomic E-state index is -1.38. The predicted molar refractivity (Wildman–Crippen MR) is 27.1 cm³/mol. The standard InChI is InChI=1S/C3H4O3.Na.H2S/c1-2(4)3(5)6;;/h1H3,(H,5,6);;1H2/q;+1;/p-1. The van der Waals surface area contributed by atoms with Gasteiger partial charge in [-0.2, -0.15) is 0 Å². The van der Waals surface area contributed by atoms with E-state index in [4.69, 9.17) is 5.11 Å². The molecule has 0 aliphatic carbocycles. The van der Waals surface area contributed by atoms with Crippen LogP contribution in [0.5, 0.6) is 0 Å². The summed E-state index contributed by atoms with van der Waals surface area (Å²) in [6.07, 6.45) is 0. The molecule has 3 nitrogen and oxygen atoms in total. The molecule has 0 aliphatic rings. The Bertz CT molecular complexity index is 80.5. The van der Waals surface area contributed by atoms with Crippen LogP contribution in [0.2, 0.25) is 0 Å². The summed E-state index contributed by atoms with van der Waals surface area (Å²) in [7, 11) is 0. The SMILES string of the molecule is CC(=O)C(=O)O.[Na+].[SH-]. The first-order valence-corrected chi connectivity index (χ1v) is 1.38. The number of carbonyl (C=O) groups is 2. The fraction of sp³-hybridized carbons (Fsp3) is 0.333. The van der Waals surface area contributed by atoms with E-state index in [2.05, 4.69) is 0 Å². The van der Waals surface area contributed by atoms with Gasteiger partial charge in [-0.15, -0.1) is 0 Å². The summed E-state index contributed by atoms with van der Waals surface area (Å²) in [5.74, 6) is -2.20. The van der Waals surface area contributed by atoms with Crippen molar-refractivity contribution >= 4 is 25.2 Å². The van der Waals surface area contributed by atoms with Gasteiger partial charge in [0.25, 0.3) is 0 Å². The van der Waals surface area contributed by atoms with Gasteiger partial charge in [-0.3, -0.25) is 4.79 Å². The third-order valence-electron chi connectivity index (χ3n) is 0.301. The van der Waals surface area contributed by atoms with E-state index in [9.17, 15) is 9.59 Å². The van der Waals surface area contributed by atoms with Crippen molar-refractivity contribution in [3.63, 3.8) is 0 Å². The number of carboxylic acid groups (broad SMARTS) is 1. The van der Waals surface area contributed by atoms with Crippen LogP contribution in [-0.4, -0.2) is 16.9 Å². The van der Waals surface area contributed by atoms with E-state index >= 15 is 0 Å². The number of Topliss-reactive ketones (excluding diaryl/α,β-unsaturated/α-hetero) is 1. The topological polar surface area (TPSA) is 54.4 Å². The van der Waals surface area contributed by atoms with E-state index in [0.717, 1.165) is 6.92 Å². The van der Waals surface area contributed by atoms with Gasteiger partial charge in [0.15, 0.2) is 0 Å². The van der Waals surface area contributed by atoms with Crippen LogP contribution in [-0.2, 0) is 23.1 Å². The molecule has 0 rings (SSSR count). The van der Waals surface area contributed by atoms with Crippen LogP contribution in [0.3, 0.4) is 0 Å². The average molecular weight is 144 g/mol. The number of aliphatic carboxylic acids is 1. The molecule has 0 spiro atoms. The molecular weight excluding hydrogens is 139 g/mol. The second-order valence-electron chi connectivity index (χ2n) is 0.861. The monoisotopic (exact) mass is 144 g/mol. The zero-order chi connectivity index (χ0) is 5.15. The van der Waals surface area contributed by atoms with Crippen molar-refractivity contribution in [1.29, 1.82) is 0 Å². The molecule has 42 valence electrons. The number of ketones is 1. The third kappa shape index (κ3) is 9.70. The number of hydrogen-bond donors (Lipinski definition) is 1. The van der Waals surface area contributed by atoms with Crippen LogP contribution in [0, 0.1) is 0 Å². The van der Waals surface area contributed by atoms with Gasteiger partial charge >= 0.3 is 35.5 Å². The number of hydrogen-bond acceptors (Lipinski definition) is 3. The maximum absolute atomic E-state index is 9.54. The van der Waals surface area contributed by atoms with Crippen molar-refractivity contribution in [2.24, 2.45) is 0 Å². The largest absolute Gasteiger partial charge is 1.00 e. The number of carbonyl (C=O) groups excluding carboxylic acids is 1. The zero-order valence-electron chi connectivity index (χ0n) is 4.71. The van der Waals surface area contributed by atoms with Gasteiger partial charge in [-0.05, 0) is 0 Å². The van der Waals surface area contributed by atoms with Crippen LogP contribution < -0.4 is 29.6 Å². The Labute approximate surface area is 76.2 Å². The van der Waals surface area contributed by atoms with Gasteiger partial charge in [-0.25, -0.2) is 4.79 Å². The summed E-state index contributed by atoms with van der Waals surface area (Å²) in [6, 6.07) is 0. The van der Waals surface area contributed by atoms with Gasteiger partial charge < -0.3 is 18.6 Å². The fourth-order valence-electron chi connectivity index (χ4n) is 0. The van der Waals surface area contributed by atoms with Gasteiger partial charge in [-0.1, -0.05) is 0 Å². The Balaban J connectivity index is -0.000000125. The minimum Gasteiger partial charge on any atom is -0.813 e. The van der Waals surface area contributed by atoms with Crippen LogP contribution in [0.25, 0.3) is 0 Å². The van der Waals surface area contributed by atoms with Crippen LogP contribution >= 0.6 is 0 Å². The van der Waals surface area contributed by atoms with Gasteiger partial charge in [0, 0.05) is 6.92 Å². The van der Waals surface area contributed by atoms with Crippen molar-refractivity contribution in [1.82, 2.24) is 0 Å². The van der Waals surface area contributed by atoms with E-state index in [1.807, 2.05) is 0 Å². The summed E-state index contributed by atoms with van der Waals surface area (Å²) >= 11 is 0. The Morgan fingerprint density at radius 2 is 1.50 bits per heavy atom. The molecule has 0 bridgehead atoms. The van der Waals surface area contributed by atoms with Crippen LogP contribution in [0.4, 0.5) is 0 Å². The summed E-state index contributed by atoms with van der Waals surface area (Å²) in [4.78, 5) is 18.9. The van der Waals surface area contributed by atoms with Gasteiger partial charge in [0.2, 0.25) is 5.78 Å². The molecule has 0 aromatic rings. The first-order valence-electron chi connectivity index (χ1n) is 1.38. The molecule has 1 N–H and O–H groups in total. The van der Waals surface area contributed by atoms with Crippen LogP contribution in [0.1, 0.15) is 6.92 Å². The molecule has 0 radical (unpaired) electrons. The van der Waals surface area contributed by atoms with E-state index in [1.54, 1.807) is 0 Å². The summed E-state index contributed by atoms with van der Waals surface area (Å²) < 4.78 is 0. The maximum atomic E-state index is 9.54. The first-order chi connectivity index (χ1) is 2.64. The normalized spacial score (nSPS) is 5.62. The molecule has 8 heavy (non-hydrogen) atoms. The fourth-order valence-corrected chi connectivity index (χ4v) is 0. The first kappa shape index (κ1) is 15.8. The van der Waals surface area contributed by atoms with Crippen LogP contribution in [0.15, 0.2) is 0 Å². The molecule has 0 unspecified atom stereocenters. The smallest absolute Gasteiger partial charge is 0.813 e. The Morgan fingerprint density at radius 1 is 1.38 bits per heavy atom. The van der Waals surface area contributed by atoms with E-state index < -0.39 is 11.8 Å². The van der Waals surface area contributed by atoms with Crippen molar-refractivity contribution in [3.05, 3.63) is 0 Å². The molecule has 0 aromatic carbocycles. The zero-order valence-corrected chi connectivity index (χ0v) is 7.61. The number of carboxylic acids is 1. The van der Waals surface area contributed by atoms with Crippen molar-refractivity contribution < 1.29 is 44.3 Å². The van der Waals surface area contributed by atoms with Crippen molar-refractivity contribution in [3.8, 4) is 0 Å². The molecule has 0 fully saturated rings. The Kier molecular flexibility index (Phi) is 14.8. The summed E-state index contributed by atoms with van der Waals surface area (Å²) in [5, 5.41) is 7.64. The van der Waals surface area contributed by atoms with E-state index in [-0.39, 0.29) is 43.1 Å². The van der Waals surface area contributed by atoms with E-state index in [0.29, 0.717) is 0 Å². The molecule has 0 saturated carbocycles. The molecule has 5 heteroatoms. The molecule has 0 heterocycles. The summed E-state index contributed by atoms with van der Waals surface area (Å²) in [6.45, 7) is 1.00. The Morgan fingerprint density at radius 3 is 1.50 bits per heavy atom. The molecule has 0 atom stereocenters. The number of rotatable bonds is 1. The Hall–Kier alpha value is 0.490. The second-order valence-corrected chi connectivity index (χ2v) is 0.861. The van der Waals surface area contributed by atoms with E-state index in [1.165, 1.54) is 0 Å². The molecule has 0 aromatic heterocycles. The molecular formula is C3H5NaO3S. The van der Waals surface area contributed by atoms with Gasteiger partial charge in [0.1, 0.15) is 0 Å². The summed E-state index contributed by atoms with van der Waals surface area (Å²) in [5.41, 5.74) is 0. The quantitative estimate of drug-likeness (QED) is 0.179. The molecule has 0 aliphatic heterocycles. The number of thiol groups is 1. The maximum Gasteiger partial charge on any atom is 1.00 e.